The van der Waals surface area contributed by atoms with Crippen molar-refractivity contribution in [1.82, 2.24) is 25.1 Å². The minimum Gasteiger partial charge on any atom is -0.503 e. The summed E-state index contributed by atoms with van der Waals surface area (Å²) in [7, 11) is 0. The van der Waals surface area contributed by atoms with Gasteiger partial charge in [-0.2, -0.15) is 0 Å². The Balaban J connectivity index is 1.19. The first kappa shape index (κ1) is 41.9. The highest BCUT2D eigenvalue weighted by Gasteiger charge is 2.63. The number of thiazole rings is 1. The van der Waals surface area contributed by atoms with E-state index in [0.717, 1.165) is 35.1 Å². The Labute approximate surface area is 337 Å². The van der Waals surface area contributed by atoms with Crippen LogP contribution in [0.15, 0.2) is 38.9 Å². The number of fused-ring (bicyclic) bond motifs is 2. The lowest BCUT2D eigenvalue weighted by Gasteiger charge is -2.56. The summed E-state index contributed by atoms with van der Waals surface area (Å²) in [5.74, 6) is -7.92. The Kier molecular flexibility index (Phi) is 11.2. The van der Waals surface area contributed by atoms with Gasteiger partial charge in [0.1, 0.15) is 34.4 Å². The predicted molar refractivity (Wildman–Crippen MR) is 209 cm³/mol. The fourth-order valence-corrected chi connectivity index (χ4v) is 9.38. The monoisotopic (exact) mass is 845 g/mol. The molecule has 0 radical (unpaired) electrons. The maximum Gasteiger partial charge on any atom is 0.352 e. The van der Waals surface area contributed by atoms with Crippen LogP contribution in [0.3, 0.4) is 0 Å². The Morgan fingerprint density at radius 3 is 2.47 bits per heavy atom. The molecule has 0 unspecified atom stereocenters. The van der Waals surface area contributed by atoms with Crippen molar-refractivity contribution in [2.24, 2.45) is 5.16 Å². The Morgan fingerprint density at radius 2 is 1.86 bits per heavy atom. The third kappa shape index (κ3) is 7.41. The van der Waals surface area contributed by atoms with Crippen LogP contribution in [0.25, 0.3) is 10.9 Å². The number of rotatable bonds is 14. The van der Waals surface area contributed by atoms with Gasteiger partial charge in [0.15, 0.2) is 28.2 Å². The maximum absolute atomic E-state index is 14.3. The molecule has 3 aliphatic rings. The lowest BCUT2D eigenvalue weighted by molar-refractivity contribution is -0.911. The second-order valence-electron chi connectivity index (χ2n) is 14.9. The summed E-state index contributed by atoms with van der Waals surface area (Å²) >= 11 is 2.25. The van der Waals surface area contributed by atoms with Crippen molar-refractivity contribution in [3.8, 4) is 11.5 Å². The first-order valence-corrected chi connectivity index (χ1v) is 20.0. The van der Waals surface area contributed by atoms with Gasteiger partial charge in [-0.3, -0.25) is 24.1 Å². The van der Waals surface area contributed by atoms with Crippen molar-refractivity contribution in [3.05, 3.63) is 56.2 Å². The number of amides is 3. The molecule has 3 amide bonds. The van der Waals surface area contributed by atoms with Crippen molar-refractivity contribution in [2.45, 2.75) is 63.6 Å². The zero-order valence-corrected chi connectivity index (χ0v) is 33.5. The largest absolute Gasteiger partial charge is 0.503 e. The number of nitrogen functional groups attached to an aromatic ring is 1. The van der Waals surface area contributed by atoms with Gasteiger partial charge in [-0.1, -0.05) is 5.16 Å². The number of pyridine rings is 1. The van der Waals surface area contributed by atoms with Gasteiger partial charge >= 0.3 is 11.9 Å². The van der Waals surface area contributed by atoms with Gasteiger partial charge < -0.3 is 50.7 Å². The van der Waals surface area contributed by atoms with E-state index in [0.29, 0.717) is 29.7 Å². The molecular weight excluding hydrogens is 804 g/mol. The number of phenolic OH excluding ortho intramolecular Hbond substituents is 2. The van der Waals surface area contributed by atoms with E-state index in [4.69, 9.17) is 10.6 Å². The number of β-lactam (4-membered cyclic amide) rings is 1. The average Bonchev–Trinajstić information content (AvgIpc) is 3.82. The van der Waals surface area contributed by atoms with Crippen molar-refractivity contribution in [3.63, 3.8) is 0 Å². The van der Waals surface area contributed by atoms with Crippen molar-refractivity contribution in [2.75, 3.05) is 44.2 Å². The number of benzene rings is 1. The standard InChI is InChI=1S/C36H41FN8O11S2/c1-5-43-13-19(25(46)18-12-20(37)26(47)27(48)24(18)43)28(49)39-8-11-45(9-6-7-10-45)14-17-15-57-32-36(4,31(53)44(32)23(17)30(51)52)41-29(50)22(21-16-58-34(38)40-21)42-56-35(2,3)33(54)55/h12-13,16,32H,5-11,14-15H2,1-4H3,(H7-,38,39,40,41,42,46,47,48,49,50,51,52,54,55)/p+1/t32-,36+/m1/s1. The van der Waals surface area contributed by atoms with E-state index in [1.165, 1.54) is 48.7 Å². The molecule has 3 aromatic rings. The van der Waals surface area contributed by atoms with Crippen LogP contribution in [0.1, 0.15) is 56.6 Å². The van der Waals surface area contributed by atoms with E-state index in [1.54, 1.807) is 6.92 Å². The van der Waals surface area contributed by atoms with Crippen molar-refractivity contribution >= 4 is 74.5 Å². The summed E-state index contributed by atoms with van der Waals surface area (Å²) in [5.41, 5.74) is 0.885. The van der Waals surface area contributed by atoms with Crippen molar-refractivity contribution in [1.29, 1.82) is 0 Å². The molecule has 58 heavy (non-hydrogen) atoms. The van der Waals surface area contributed by atoms with Gasteiger partial charge in [-0.25, -0.2) is 19.0 Å². The highest BCUT2D eigenvalue weighted by Crippen LogP contribution is 2.47. The number of likely N-dealkylation sites (tertiary alicyclic amines) is 1. The van der Waals surface area contributed by atoms with Crippen LogP contribution >= 0.6 is 23.1 Å². The molecule has 2 saturated heterocycles. The van der Waals surface area contributed by atoms with Gasteiger partial charge in [0.25, 0.3) is 17.7 Å². The van der Waals surface area contributed by atoms with E-state index in [9.17, 15) is 53.6 Å². The number of hydrogen-bond acceptors (Lipinski definition) is 14. The molecule has 0 aliphatic carbocycles. The van der Waals surface area contributed by atoms with Crippen LogP contribution in [0.4, 0.5) is 9.52 Å². The Bertz CT molecular complexity index is 2370. The average molecular weight is 846 g/mol. The van der Waals surface area contributed by atoms with Gasteiger partial charge in [0, 0.05) is 42.3 Å². The van der Waals surface area contributed by atoms with E-state index in [-0.39, 0.29) is 58.4 Å². The number of oxime groups is 1. The number of aromatic hydroxyl groups is 2. The van der Waals surface area contributed by atoms with Gasteiger partial charge in [-0.05, 0) is 33.8 Å². The smallest absolute Gasteiger partial charge is 0.352 e. The molecule has 0 spiro atoms. The minimum atomic E-state index is -1.83. The number of thioether (sulfide) groups is 1. The number of carbonyl (C=O) groups is 5. The van der Waals surface area contributed by atoms with Gasteiger partial charge in [-0.15, -0.1) is 23.1 Å². The third-order valence-electron chi connectivity index (χ3n) is 10.6. The molecule has 2 aromatic heterocycles. The zero-order valence-electron chi connectivity index (χ0n) is 31.8. The molecule has 0 bridgehead atoms. The molecule has 8 N–H and O–H groups in total. The van der Waals surface area contributed by atoms with Gasteiger partial charge in [0.2, 0.25) is 11.0 Å². The quantitative estimate of drug-likeness (QED) is 0.0397. The first-order chi connectivity index (χ1) is 27.2. The molecule has 310 valence electrons. The van der Waals surface area contributed by atoms with Crippen LogP contribution in [0, 0.1) is 5.82 Å². The number of nitrogens with zero attached hydrogens (tertiary/aromatic N) is 5. The SMILES string of the molecule is CCn1cc(C(=O)NCC[N+]2(CC3=C(C(=O)O)N4C(=O)[C@](C)(NC(=O)/C(=N\OC(C)(C)C(=O)O)c5csc(N)n5)[C@H]4SC3)CCCC2)c(=O)c2cc(F)c(O)c(O)c21. The number of halogens is 1. The summed E-state index contributed by atoms with van der Waals surface area (Å²) in [5, 5.41) is 49.7. The number of quaternary nitrogens is 1. The summed E-state index contributed by atoms with van der Waals surface area (Å²) < 4.78 is 16.0. The lowest BCUT2D eigenvalue weighted by Crippen LogP contribution is -2.79. The molecule has 2 atom stereocenters. The third-order valence-corrected chi connectivity index (χ3v) is 12.8. The second-order valence-corrected chi connectivity index (χ2v) is 16.9. The van der Waals surface area contributed by atoms with Crippen LogP contribution in [0.2, 0.25) is 0 Å². The fourth-order valence-electron chi connectivity index (χ4n) is 7.41. The van der Waals surface area contributed by atoms with Crippen molar-refractivity contribution < 1.29 is 58.1 Å². The zero-order chi connectivity index (χ0) is 42.5. The molecular formula is C36H42FN8O11S2+. The molecule has 5 heterocycles. The highest BCUT2D eigenvalue weighted by molar-refractivity contribution is 8.00. The lowest BCUT2D eigenvalue weighted by atomic mass is 9.87. The normalized spacial score (nSPS) is 20.4. The highest BCUT2D eigenvalue weighted by atomic mass is 32.2. The number of nitrogens with one attached hydrogen (secondary N) is 2. The van der Waals surface area contributed by atoms with E-state index in [1.807, 2.05) is 0 Å². The number of carboxylic acids is 2. The first-order valence-electron chi connectivity index (χ1n) is 18.1. The molecule has 22 heteroatoms. The van der Waals surface area contributed by atoms with E-state index >= 15 is 0 Å². The fraction of sp³-hybridized carbons (Fsp3) is 0.444. The summed E-state index contributed by atoms with van der Waals surface area (Å²) in [6.45, 7) is 7.72. The summed E-state index contributed by atoms with van der Waals surface area (Å²) in [6.07, 6.45) is 2.87. The number of aliphatic carboxylic acids is 2. The van der Waals surface area contributed by atoms with E-state index in [2.05, 4.69) is 20.8 Å². The molecule has 19 nitrogen and oxygen atoms in total. The Hall–Kier alpha value is -5.74. The molecule has 6 rings (SSSR count). The Morgan fingerprint density at radius 1 is 1.17 bits per heavy atom. The number of nitrogens with two attached hydrogens (primary N) is 1. The number of aryl methyl sites for hydroxylation is 1. The molecule has 3 aliphatic heterocycles. The van der Waals surface area contributed by atoms with Crippen LogP contribution in [-0.2, 0) is 30.6 Å². The predicted octanol–water partition coefficient (Wildman–Crippen LogP) is 1.36. The van der Waals surface area contributed by atoms with Crippen LogP contribution in [-0.4, -0.2) is 130 Å². The second kappa shape index (κ2) is 15.5. The summed E-state index contributed by atoms with van der Waals surface area (Å²) in [6, 6.07) is 0.769. The van der Waals surface area contributed by atoms with E-state index < -0.39 is 74.6 Å². The number of hydrogen-bond donors (Lipinski definition) is 7. The summed E-state index contributed by atoms with van der Waals surface area (Å²) in [4.78, 5) is 89.0. The molecule has 0 saturated carbocycles. The van der Waals surface area contributed by atoms with Gasteiger partial charge in [0.05, 0.1) is 37.1 Å². The van der Waals surface area contributed by atoms with Crippen LogP contribution < -0.4 is 21.8 Å². The topological polar surface area (TPSA) is 276 Å². The molecule has 2 fully saturated rings. The number of carboxylic acid groups (broad SMARTS) is 2. The maximum atomic E-state index is 14.3. The number of aromatic nitrogens is 2. The minimum absolute atomic E-state index is 0.0268. The number of anilines is 1. The number of phenols is 2. The molecule has 1 aromatic carbocycles. The number of carbonyl (C=O) groups excluding carboxylic acids is 3. The van der Waals surface area contributed by atoms with Crippen LogP contribution in [0.5, 0.6) is 11.5 Å².